The summed E-state index contributed by atoms with van der Waals surface area (Å²) < 4.78 is 5.26. The van der Waals surface area contributed by atoms with Gasteiger partial charge in [-0.15, -0.1) is 0 Å². The van der Waals surface area contributed by atoms with Crippen LogP contribution < -0.4 is 9.64 Å². The number of anilines is 1. The molecule has 0 bridgehead atoms. The first-order valence-corrected chi connectivity index (χ1v) is 10.7. The molecule has 168 valence electrons. The zero-order valence-corrected chi connectivity index (χ0v) is 19.1. The van der Waals surface area contributed by atoms with E-state index in [-0.39, 0.29) is 16.7 Å². The van der Waals surface area contributed by atoms with E-state index in [4.69, 9.17) is 4.74 Å². The van der Waals surface area contributed by atoms with Gasteiger partial charge < -0.3 is 9.84 Å². The van der Waals surface area contributed by atoms with E-state index in [1.807, 2.05) is 24.3 Å². The van der Waals surface area contributed by atoms with Gasteiger partial charge in [0.1, 0.15) is 17.3 Å². The van der Waals surface area contributed by atoms with Crippen molar-refractivity contribution in [3.8, 4) is 5.75 Å². The van der Waals surface area contributed by atoms with Crippen LogP contribution in [0.3, 0.4) is 0 Å². The van der Waals surface area contributed by atoms with Crippen molar-refractivity contribution in [3.05, 3.63) is 95.2 Å². The minimum Gasteiger partial charge on any atom is -0.507 e. The van der Waals surface area contributed by atoms with Gasteiger partial charge in [-0.05, 0) is 40.8 Å². The molecule has 1 N–H and O–H groups in total. The number of carbonyl (C=O) groups is 2. The Labute approximate surface area is 193 Å². The normalized spacial score (nSPS) is 17.9. The summed E-state index contributed by atoms with van der Waals surface area (Å²) in [5.74, 6) is -0.872. The zero-order valence-electron chi connectivity index (χ0n) is 19.1. The fourth-order valence-corrected chi connectivity index (χ4v) is 3.97. The average molecular weight is 443 g/mol. The van der Waals surface area contributed by atoms with E-state index in [2.05, 4.69) is 25.8 Å². The highest BCUT2D eigenvalue weighted by Gasteiger charge is 2.47. The van der Waals surface area contributed by atoms with Gasteiger partial charge in [0, 0.05) is 11.8 Å². The first-order valence-electron chi connectivity index (χ1n) is 10.7. The maximum Gasteiger partial charge on any atom is 0.301 e. The molecule has 1 aliphatic rings. The number of aromatic nitrogens is 1. The van der Waals surface area contributed by atoms with Crippen molar-refractivity contribution < 1.29 is 19.4 Å². The Morgan fingerprint density at radius 3 is 2.33 bits per heavy atom. The lowest BCUT2D eigenvalue weighted by Gasteiger charge is -2.25. The zero-order chi connectivity index (χ0) is 23.8. The molecule has 1 saturated heterocycles. The van der Waals surface area contributed by atoms with Crippen molar-refractivity contribution in [2.75, 3.05) is 12.0 Å². The minimum atomic E-state index is -0.819. The molecule has 0 spiro atoms. The van der Waals surface area contributed by atoms with Crippen LogP contribution in [0.4, 0.5) is 5.82 Å². The summed E-state index contributed by atoms with van der Waals surface area (Å²) in [6, 6.07) is 18.9. The Morgan fingerprint density at radius 2 is 1.73 bits per heavy atom. The molecule has 6 heteroatoms. The van der Waals surface area contributed by atoms with Crippen molar-refractivity contribution >= 4 is 23.3 Å². The average Bonchev–Trinajstić information content (AvgIpc) is 3.09. The highest BCUT2D eigenvalue weighted by molar-refractivity contribution is 6.51. The molecule has 0 unspecified atom stereocenters. The molecule has 1 aliphatic heterocycles. The van der Waals surface area contributed by atoms with Crippen LogP contribution in [0.25, 0.3) is 5.76 Å². The summed E-state index contributed by atoms with van der Waals surface area (Å²) in [5, 5.41) is 11.2. The van der Waals surface area contributed by atoms with Crippen molar-refractivity contribution in [2.24, 2.45) is 0 Å². The van der Waals surface area contributed by atoms with Gasteiger partial charge >= 0.3 is 5.91 Å². The lowest BCUT2D eigenvalue weighted by molar-refractivity contribution is -0.132. The molecule has 0 saturated carbocycles. The molecule has 2 aromatic carbocycles. The Bertz CT molecular complexity index is 1220. The summed E-state index contributed by atoms with van der Waals surface area (Å²) in [7, 11) is 1.52. The summed E-state index contributed by atoms with van der Waals surface area (Å²) in [4.78, 5) is 32.0. The topological polar surface area (TPSA) is 79.7 Å². The van der Waals surface area contributed by atoms with E-state index in [1.54, 1.807) is 48.7 Å². The lowest BCUT2D eigenvalue weighted by Crippen LogP contribution is -2.30. The predicted molar refractivity (Wildman–Crippen MR) is 127 cm³/mol. The highest BCUT2D eigenvalue weighted by Crippen LogP contribution is 2.42. The number of ether oxygens (including phenoxy) is 1. The van der Waals surface area contributed by atoms with Crippen molar-refractivity contribution in [2.45, 2.75) is 32.2 Å². The number of aliphatic hydroxyl groups excluding tert-OH is 1. The fraction of sp³-hybridized carbons (Fsp3) is 0.222. The summed E-state index contributed by atoms with van der Waals surface area (Å²) in [6.45, 7) is 6.35. The number of amides is 1. The molecule has 1 aromatic heterocycles. The molecule has 4 rings (SSSR count). The summed E-state index contributed by atoms with van der Waals surface area (Å²) in [6.07, 6.45) is 1.57. The molecular weight excluding hydrogens is 416 g/mol. The Balaban J connectivity index is 1.92. The number of aliphatic hydroxyl groups is 1. The Kier molecular flexibility index (Phi) is 5.77. The number of Topliss-reactive ketones (excluding diaryl/α,β-unsaturated/α-hetero) is 1. The first-order chi connectivity index (χ1) is 15.7. The van der Waals surface area contributed by atoms with Crippen LogP contribution in [0, 0.1) is 0 Å². The molecular formula is C27H26N2O4. The molecule has 0 aliphatic carbocycles. The van der Waals surface area contributed by atoms with Crippen LogP contribution in [0.5, 0.6) is 5.75 Å². The number of pyridine rings is 1. The second-order valence-electron chi connectivity index (χ2n) is 8.96. The summed E-state index contributed by atoms with van der Waals surface area (Å²) in [5.41, 5.74) is 2.18. The molecule has 0 radical (unpaired) electrons. The quantitative estimate of drug-likeness (QED) is 0.349. The van der Waals surface area contributed by atoms with Gasteiger partial charge in [0.15, 0.2) is 0 Å². The molecule has 1 amide bonds. The van der Waals surface area contributed by atoms with Gasteiger partial charge in [0.25, 0.3) is 5.78 Å². The Hall–Kier alpha value is -3.93. The van der Waals surface area contributed by atoms with Gasteiger partial charge in [-0.25, -0.2) is 4.98 Å². The maximum absolute atomic E-state index is 13.2. The molecule has 1 atom stereocenters. The first kappa shape index (κ1) is 22.3. The largest absolute Gasteiger partial charge is 0.507 e. The van der Waals surface area contributed by atoms with E-state index >= 15 is 0 Å². The third-order valence-electron chi connectivity index (χ3n) is 5.78. The number of ketones is 1. The second-order valence-corrected chi connectivity index (χ2v) is 8.96. The smallest absolute Gasteiger partial charge is 0.301 e. The molecule has 2 heterocycles. The standard InChI is InChI=1S/C27H26N2O4/c1-27(2,3)19-13-11-17(12-14-19)23-22(24(30)18-8-7-9-20(16-18)33-4)25(31)26(32)29(23)21-10-5-6-15-28-21/h5-16,23,30H,1-4H3/t23-/m1/s1. The molecule has 1 fully saturated rings. The van der Waals surface area contributed by atoms with Crippen LogP contribution >= 0.6 is 0 Å². The predicted octanol–water partition coefficient (Wildman–Crippen LogP) is 5.01. The number of methoxy groups -OCH3 is 1. The van der Waals surface area contributed by atoms with Crippen molar-refractivity contribution in [3.63, 3.8) is 0 Å². The number of rotatable bonds is 4. The molecule has 33 heavy (non-hydrogen) atoms. The molecule has 6 nitrogen and oxygen atoms in total. The third-order valence-corrected chi connectivity index (χ3v) is 5.78. The second kappa shape index (κ2) is 8.54. The summed E-state index contributed by atoms with van der Waals surface area (Å²) >= 11 is 0. The van der Waals surface area contributed by atoms with E-state index in [9.17, 15) is 14.7 Å². The number of hydrogen-bond acceptors (Lipinski definition) is 5. The Morgan fingerprint density at radius 1 is 1.00 bits per heavy atom. The third kappa shape index (κ3) is 4.12. The maximum atomic E-state index is 13.2. The van der Waals surface area contributed by atoms with E-state index in [0.29, 0.717) is 22.7 Å². The number of hydrogen-bond donors (Lipinski definition) is 1. The fourth-order valence-electron chi connectivity index (χ4n) is 3.97. The van der Waals surface area contributed by atoms with Crippen molar-refractivity contribution in [1.29, 1.82) is 0 Å². The minimum absolute atomic E-state index is 0.0161. The van der Waals surface area contributed by atoms with Gasteiger partial charge in [-0.3, -0.25) is 14.5 Å². The monoisotopic (exact) mass is 442 g/mol. The van der Waals surface area contributed by atoms with Gasteiger partial charge in [-0.1, -0.05) is 63.2 Å². The van der Waals surface area contributed by atoms with Crippen LogP contribution in [-0.2, 0) is 15.0 Å². The highest BCUT2D eigenvalue weighted by atomic mass is 16.5. The van der Waals surface area contributed by atoms with Gasteiger partial charge in [0.05, 0.1) is 18.7 Å². The number of carbonyl (C=O) groups excluding carboxylic acids is 2. The van der Waals surface area contributed by atoms with Crippen molar-refractivity contribution in [1.82, 2.24) is 4.98 Å². The van der Waals surface area contributed by atoms with Crippen LogP contribution in [0.2, 0.25) is 0 Å². The number of benzene rings is 2. The lowest BCUT2D eigenvalue weighted by atomic mass is 9.85. The SMILES string of the molecule is COc1cccc(C(O)=C2C(=O)C(=O)N(c3ccccn3)[C@@H]2c2ccc(C(C)(C)C)cc2)c1. The van der Waals surface area contributed by atoms with E-state index in [1.165, 1.54) is 12.0 Å². The van der Waals surface area contributed by atoms with Crippen LogP contribution in [0.1, 0.15) is 43.5 Å². The van der Waals surface area contributed by atoms with Gasteiger partial charge in [0.2, 0.25) is 0 Å². The van der Waals surface area contributed by atoms with E-state index < -0.39 is 17.7 Å². The van der Waals surface area contributed by atoms with Crippen LogP contribution in [0.15, 0.2) is 78.5 Å². The number of nitrogens with zero attached hydrogens (tertiary/aromatic N) is 2. The van der Waals surface area contributed by atoms with Crippen LogP contribution in [-0.4, -0.2) is 28.9 Å². The van der Waals surface area contributed by atoms with Gasteiger partial charge in [-0.2, -0.15) is 0 Å². The molecule has 3 aromatic rings. The van der Waals surface area contributed by atoms with E-state index in [0.717, 1.165) is 5.56 Å².